The first kappa shape index (κ1) is 25.2. The van der Waals surface area contributed by atoms with Gasteiger partial charge in [0.2, 0.25) is 0 Å². The summed E-state index contributed by atoms with van der Waals surface area (Å²) >= 11 is 2.62. The van der Waals surface area contributed by atoms with Gasteiger partial charge in [-0.2, -0.15) is 0 Å². The zero-order valence-corrected chi connectivity index (χ0v) is 22.0. The van der Waals surface area contributed by atoms with Crippen molar-refractivity contribution >= 4 is 65.4 Å². The van der Waals surface area contributed by atoms with Crippen molar-refractivity contribution in [3.8, 4) is 0 Å². The molecule has 0 radical (unpaired) electrons. The third kappa shape index (κ3) is 5.61. The van der Waals surface area contributed by atoms with E-state index in [1.807, 2.05) is 5.38 Å². The summed E-state index contributed by atoms with van der Waals surface area (Å²) in [6.07, 6.45) is 2.10. The Morgan fingerprint density at radius 2 is 2.05 bits per heavy atom. The van der Waals surface area contributed by atoms with Crippen LogP contribution in [-0.2, 0) is 30.8 Å². The van der Waals surface area contributed by atoms with Gasteiger partial charge in [-0.1, -0.05) is 28.6 Å². The van der Waals surface area contributed by atoms with Gasteiger partial charge in [-0.15, -0.1) is 11.3 Å². The maximum Gasteiger partial charge on any atom is 0.280 e. The highest BCUT2D eigenvalue weighted by atomic mass is 32.2. The number of ether oxygens (including phenoxy) is 1. The van der Waals surface area contributed by atoms with E-state index in [9.17, 15) is 13.2 Å². The lowest BCUT2D eigenvalue weighted by atomic mass is 10.1. The Hall–Kier alpha value is -3.46. The number of amides is 1. The molecule has 192 valence electrons. The molecule has 1 aliphatic heterocycles. The lowest BCUT2D eigenvalue weighted by molar-refractivity contribution is -0.110. The Morgan fingerprint density at radius 1 is 1.22 bits per heavy atom. The van der Waals surface area contributed by atoms with Gasteiger partial charge in [0, 0.05) is 30.8 Å². The van der Waals surface area contributed by atoms with E-state index < -0.39 is 21.0 Å². The summed E-state index contributed by atoms with van der Waals surface area (Å²) in [5.74, 6) is 0.123. The minimum Gasteiger partial charge on any atom is -0.388 e. The Balaban J connectivity index is 1.40. The molecule has 1 saturated heterocycles. The highest BCUT2D eigenvalue weighted by Crippen LogP contribution is 2.26. The molecule has 1 aliphatic rings. The number of hydrogen-bond donors (Lipinski definition) is 2. The number of nitrogens with zero attached hydrogens (tertiary/aromatic N) is 4. The molecule has 0 bridgehead atoms. The standard InChI is InChI=1S/C23H22N6O5S3/c1-24-18-7-6-17-22(27-18)36-23(26-17)28-21(30)20(29-34-13-19-25-9-11-35-19)14-2-4-15(5-3-14)37(31,32)16-8-10-33-12-16/h2-7,9,11,16H,8,10,12-13H2,1H3,(H,24,27)(H,26,28,30)/t16-/m0/s1. The van der Waals surface area contributed by atoms with Crippen molar-refractivity contribution in [3.63, 3.8) is 0 Å². The molecule has 4 aromatic rings. The van der Waals surface area contributed by atoms with Gasteiger partial charge in [-0.25, -0.2) is 23.4 Å². The summed E-state index contributed by atoms with van der Waals surface area (Å²) in [7, 11) is -1.77. The fraction of sp³-hybridized carbons (Fsp3) is 0.261. The van der Waals surface area contributed by atoms with E-state index >= 15 is 0 Å². The van der Waals surface area contributed by atoms with E-state index in [1.165, 1.54) is 46.9 Å². The molecule has 4 heterocycles. The third-order valence-corrected chi connectivity index (χ3v) is 9.37. The highest BCUT2D eigenvalue weighted by molar-refractivity contribution is 7.92. The van der Waals surface area contributed by atoms with Crippen molar-refractivity contribution < 1.29 is 22.8 Å². The lowest BCUT2D eigenvalue weighted by Gasteiger charge is -2.11. The third-order valence-electron chi connectivity index (χ3n) is 5.56. The van der Waals surface area contributed by atoms with Crippen LogP contribution in [0.2, 0.25) is 0 Å². The van der Waals surface area contributed by atoms with Crippen LogP contribution in [0, 0.1) is 0 Å². The van der Waals surface area contributed by atoms with Crippen LogP contribution in [0.5, 0.6) is 0 Å². The molecule has 0 unspecified atom stereocenters. The molecule has 11 nitrogen and oxygen atoms in total. The number of rotatable bonds is 9. The topological polar surface area (TPSA) is 145 Å². The quantitative estimate of drug-likeness (QED) is 0.233. The summed E-state index contributed by atoms with van der Waals surface area (Å²) in [5.41, 5.74) is 0.992. The number of nitrogens with one attached hydrogen (secondary N) is 2. The molecule has 1 amide bonds. The SMILES string of the molecule is CNc1ccc2nc(NC(=O)C(=NOCc3nccs3)c3ccc(S(=O)(=O)[C@H]4CCOC4)cc3)sc2n1. The predicted octanol–water partition coefficient (Wildman–Crippen LogP) is 3.31. The van der Waals surface area contributed by atoms with Gasteiger partial charge in [0.05, 0.1) is 16.8 Å². The van der Waals surface area contributed by atoms with E-state index in [-0.39, 0.29) is 23.8 Å². The number of sulfone groups is 1. The first-order valence-corrected chi connectivity index (χ1v) is 14.5. The molecule has 5 rings (SSSR count). The molecule has 0 spiro atoms. The van der Waals surface area contributed by atoms with Crippen molar-refractivity contribution in [1.29, 1.82) is 0 Å². The van der Waals surface area contributed by atoms with Crippen LogP contribution in [0.15, 0.2) is 58.0 Å². The van der Waals surface area contributed by atoms with Gasteiger partial charge in [0.15, 0.2) is 27.3 Å². The Labute approximate surface area is 220 Å². The molecular weight excluding hydrogens is 536 g/mol. The number of hydrogen-bond acceptors (Lipinski definition) is 12. The summed E-state index contributed by atoms with van der Waals surface area (Å²) in [6, 6.07) is 9.60. The Bertz CT molecular complexity index is 1530. The van der Waals surface area contributed by atoms with Crippen molar-refractivity contribution in [2.75, 3.05) is 30.9 Å². The number of oxime groups is 1. The number of anilines is 2. The Morgan fingerprint density at radius 3 is 2.76 bits per heavy atom. The molecule has 2 N–H and O–H groups in total. The molecule has 0 aliphatic carbocycles. The summed E-state index contributed by atoms with van der Waals surface area (Å²) < 4.78 is 31.0. The van der Waals surface area contributed by atoms with Gasteiger partial charge in [-0.05, 0) is 30.7 Å². The number of carbonyl (C=O) groups excluding carboxylic acids is 1. The van der Waals surface area contributed by atoms with Gasteiger partial charge in [-0.3, -0.25) is 10.1 Å². The van der Waals surface area contributed by atoms with Crippen LogP contribution >= 0.6 is 22.7 Å². The second kappa shape index (κ2) is 10.9. The maximum atomic E-state index is 13.3. The summed E-state index contributed by atoms with van der Waals surface area (Å²) in [4.78, 5) is 32.5. The number of fused-ring (bicyclic) bond motifs is 1. The van der Waals surface area contributed by atoms with Crippen LogP contribution in [0.4, 0.5) is 10.9 Å². The van der Waals surface area contributed by atoms with Gasteiger partial charge >= 0.3 is 0 Å². The minimum absolute atomic E-state index is 0.0344. The number of aromatic nitrogens is 3. The average Bonchev–Trinajstić information content (AvgIpc) is 3.68. The number of benzene rings is 1. The van der Waals surface area contributed by atoms with Crippen LogP contribution in [0.1, 0.15) is 17.0 Å². The van der Waals surface area contributed by atoms with Gasteiger partial charge in [0.1, 0.15) is 21.2 Å². The van der Waals surface area contributed by atoms with Crippen molar-refractivity contribution in [2.24, 2.45) is 5.16 Å². The van der Waals surface area contributed by atoms with Gasteiger partial charge < -0.3 is 14.9 Å². The van der Waals surface area contributed by atoms with E-state index in [4.69, 9.17) is 9.57 Å². The molecule has 1 atom stereocenters. The average molecular weight is 559 g/mol. The van der Waals surface area contributed by atoms with Gasteiger partial charge in [0.25, 0.3) is 5.91 Å². The zero-order valence-electron chi connectivity index (χ0n) is 19.6. The maximum absolute atomic E-state index is 13.3. The summed E-state index contributed by atoms with van der Waals surface area (Å²) in [6.45, 7) is 0.685. The van der Waals surface area contributed by atoms with Crippen LogP contribution in [-0.4, -0.2) is 60.5 Å². The predicted molar refractivity (Wildman–Crippen MR) is 142 cm³/mol. The fourth-order valence-electron chi connectivity index (χ4n) is 3.62. The normalized spacial score (nSPS) is 16.1. The zero-order chi connectivity index (χ0) is 25.8. The number of thiazole rings is 2. The van der Waals surface area contributed by atoms with Crippen LogP contribution in [0.3, 0.4) is 0 Å². The van der Waals surface area contributed by atoms with E-state index in [0.29, 0.717) is 44.9 Å². The van der Waals surface area contributed by atoms with E-state index in [2.05, 4.69) is 30.7 Å². The largest absolute Gasteiger partial charge is 0.388 e. The van der Waals surface area contributed by atoms with Crippen LogP contribution in [0.25, 0.3) is 10.3 Å². The molecule has 1 fully saturated rings. The number of carbonyl (C=O) groups is 1. The van der Waals surface area contributed by atoms with Crippen molar-refractivity contribution in [3.05, 3.63) is 58.5 Å². The van der Waals surface area contributed by atoms with Crippen LogP contribution < -0.4 is 10.6 Å². The number of pyridine rings is 1. The molecular formula is C23H22N6O5S3. The highest BCUT2D eigenvalue weighted by Gasteiger charge is 2.31. The summed E-state index contributed by atoms with van der Waals surface area (Å²) in [5, 5.41) is 12.1. The van der Waals surface area contributed by atoms with E-state index in [0.717, 1.165) is 0 Å². The fourth-order valence-corrected chi connectivity index (χ4v) is 6.56. The molecule has 0 saturated carbocycles. The second-order valence-corrected chi connectivity index (χ2v) is 12.1. The first-order valence-electron chi connectivity index (χ1n) is 11.2. The molecule has 3 aromatic heterocycles. The molecule has 1 aromatic carbocycles. The monoisotopic (exact) mass is 558 g/mol. The van der Waals surface area contributed by atoms with Crippen molar-refractivity contribution in [1.82, 2.24) is 15.0 Å². The van der Waals surface area contributed by atoms with E-state index in [1.54, 1.807) is 25.4 Å². The second-order valence-electron chi connectivity index (χ2n) is 7.94. The molecule has 37 heavy (non-hydrogen) atoms. The minimum atomic E-state index is -3.54. The smallest absolute Gasteiger partial charge is 0.280 e. The van der Waals surface area contributed by atoms with Crippen molar-refractivity contribution in [2.45, 2.75) is 23.2 Å². The first-order chi connectivity index (χ1) is 17.9. The Kier molecular flexibility index (Phi) is 7.41. The lowest BCUT2D eigenvalue weighted by Crippen LogP contribution is -2.25. The molecule has 14 heteroatoms.